The zero-order chi connectivity index (χ0) is 20.5. The lowest BCUT2D eigenvalue weighted by molar-refractivity contribution is 0.379. The second-order valence-electron chi connectivity index (χ2n) is 7.65. The van der Waals surface area contributed by atoms with Crippen LogP contribution in [0, 0.1) is 0 Å². The van der Waals surface area contributed by atoms with Crippen LogP contribution in [0.4, 0.5) is 0 Å². The number of allylic oxidation sites excluding steroid dienone is 1. The van der Waals surface area contributed by atoms with Crippen molar-refractivity contribution in [1.82, 2.24) is 9.55 Å². The maximum atomic E-state index is 12.0. The predicted molar refractivity (Wildman–Crippen MR) is 112 cm³/mol. The van der Waals surface area contributed by atoms with Gasteiger partial charge in [-0.1, -0.05) is 62.7 Å². The number of aromatic amines is 1. The summed E-state index contributed by atoms with van der Waals surface area (Å²) in [6, 6.07) is 14.2. The average Bonchev–Trinajstić information content (AvgIpc) is 2.96. The highest BCUT2D eigenvalue weighted by molar-refractivity contribution is 6.30. The molecule has 28 heavy (non-hydrogen) atoms. The Morgan fingerprint density at radius 3 is 2.18 bits per heavy atom. The fourth-order valence-corrected chi connectivity index (χ4v) is 3.07. The SMILES string of the molecule is CC(C)(C)c1ccc(C(=CCn2c(O)ccc2O)c2ccc(Cl)c(=O)[nH]2)cc1. The normalized spacial score (nSPS) is 12.4. The van der Waals surface area contributed by atoms with E-state index in [1.165, 1.54) is 22.3 Å². The van der Waals surface area contributed by atoms with E-state index in [0.717, 1.165) is 11.1 Å². The van der Waals surface area contributed by atoms with Gasteiger partial charge in [-0.3, -0.25) is 9.36 Å². The summed E-state index contributed by atoms with van der Waals surface area (Å²) in [7, 11) is 0. The molecule has 0 bridgehead atoms. The van der Waals surface area contributed by atoms with Crippen molar-refractivity contribution < 1.29 is 10.2 Å². The summed E-state index contributed by atoms with van der Waals surface area (Å²) in [5.41, 5.74) is 3.12. The van der Waals surface area contributed by atoms with E-state index in [1.807, 2.05) is 18.2 Å². The number of benzene rings is 1. The molecule has 2 heterocycles. The number of aromatic nitrogens is 2. The average molecular weight is 399 g/mol. The third-order valence-corrected chi connectivity index (χ3v) is 4.92. The fraction of sp³-hybridized carbons (Fsp3) is 0.227. The molecule has 0 aliphatic heterocycles. The molecule has 3 rings (SSSR count). The predicted octanol–water partition coefficient (Wildman–Crippen LogP) is 4.67. The number of halogens is 1. The van der Waals surface area contributed by atoms with Crippen molar-refractivity contribution in [2.45, 2.75) is 32.7 Å². The Kier molecular flexibility index (Phi) is 5.38. The van der Waals surface area contributed by atoms with Crippen LogP contribution in [0.2, 0.25) is 5.02 Å². The Hall–Kier alpha value is -2.92. The van der Waals surface area contributed by atoms with Crippen LogP contribution in [0.5, 0.6) is 11.8 Å². The van der Waals surface area contributed by atoms with Crippen LogP contribution in [-0.4, -0.2) is 19.8 Å². The van der Waals surface area contributed by atoms with Gasteiger partial charge < -0.3 is 15.2 Å². The maximum absolute atomic E-state index is 12.0. The molecule has 0 amide bonds. The van der Waals surface area contributed by atoms with E-state index >= 15 is 0 Å². The molecule has 0 unspecified atom stereocenters. The van der Waals surface area contributed by atoms with Crippen LogP contribution in [-0.2, 0) is 12.0 Å². The van der Waals surface area contributed by atoms with Gasteiger partial charge in [-0.25, -0.2) is 0 Å². The highest BCUT2D eigenvalue weighted by Crippen LogP contribution is 2.28. The number of nitrogens with one attached hydrogen (secondary N) is 1. The molecule has 3 aromatic rings. The number of hydrogen-bond acceptors (Lipinski definition) is 3. The minimum Gasteiger partial charge on any atom is -0.494 e. The van der Waals surface area contributed by atoms with E-state index in [1.54, 1.807) is 12.1 Å². The van der Waals surface area contributed by atoms with Crippen LogP contribution in [0.3, 0.4) is 0 Å². The van der Waals surface area contributed by atoms with Crippen molar-refractivity contribution >= 4 is 17.2 Å². The zero-order valence-electron chi connectivity index (χ0n) is 16.0. The largest absolute Gasteiger partial charge is 0.494 e. The highest BCUT2D eigenvalue weighted by atomic mass is 35.5. The summed E-state index contributed by atoms with van der Waals surface area (Å²) >= 11 is 5.87. The Morgan fingerprint density at radius 2 is 1.64 bits per heavy atom. The minimum atomic E-state index is -0.372. The summed E-state index contributed by atoms with van der Waals surface area (Å²) in [4.78, 5) is 14.8. The monoisotopic (exact) mass is 398 g/mol. The second-order valence-corrected chi connectivity index (χ2v) is 8.06. The van der Waals surface area contributed by atoms with E-state index in [4.69, 9.17) is 11.6 Å². The number of nitrogens with zero attached hydrogens (tertiary/aromatic N) is 1. The molecule has 0 radical (unpaired) electrons. The number of rotatable bonds is 4. The van der Waals surface area contributed by atoms with E-state index in [-0.39, 0.29) is 34.3 Å². The molecule has 0 aliphatic rings. The Bertz CT molecular complexity index is 1050. The van der Waals surface area contributed by atoms with Crippen molar-refractivity contribution in [3.63, 3.8) is 0 Å². The molecule has 6 heteroatoms. The van der Waals surface area contributed by atoms with E-state index in [9.17, 15) is 15.0 Å². The molecule has 2 aromatic heterocycles. The molecule has 5 nitrogen and oxygen atoms in total. The summed E-state index contributed by atoms with van der Waals surface area (Å²) < 4.78 is 1.36. The van der Waals surface area contributed by atoms with Gasteiger partial charge in [0.05, 0.1) is 0 Å². The van der Waals surface area contributed by atoms with Crippen molar-refractivity contribution in [3.8, 4) is 11.8 Å². The first kappa shape index (κ1) is 19.8. The maximum Gasteiger partial charge on any atom is 0.267 e. The molecular formula is C22H23ClN2O3. The van der Waals surface area contributed by atoms with Gasteiger partial charge in [-0.2, -0.15) is 0 Å². The lowest BCUT2D eigenvalue weighted by Gasteiger charge is -2.19. The van der Waals surface area contributed by atoms with E-state index < -0.39 is 0 Å². The van der Waals surface area contributed by atoms with Gasteiger partial charge in [-0.05, 0) is 28.7 Å². The van der Waals surface area contributed by atoms with Gasteiger partial charge in [-0.15, -0.1) is 0 Å². The standard InChI is InChI=1S/C22H23ClN2O3/c1-22(2,3)15-6-4-14(5-7-15)16(18-9-8-17(23)21(28)24-18)12-13-25-19(26)10-11-20(25)27/h4-12,26-27H,13H2,1-3H3,(H,24,28). The Balaban J connectivity index is 2.07. The van der Waals surface area contributed by atoms with E-state index in [0.29, 0.717) is 5.69 Å². The summed E-state index contributed by atoms with van der Waals surface area (Å²) in [6.07, 6.45) is 1.84. The van der Waals surface area contributed by atoms with Gasteiger partial charge in [0, 0.05) is 29.9 Å². The first-order valence-corrected chi connectivity index (χ1v) is 9.32. The zero-order valence-corrected chi connectivity index (χ0v) is 16.8. The second kappa shape index (κ2) is 7.60. The summed E-state index contributed by atoms with van der Waals surface area (Å²) in [5.74, 6) is -0.0819. The minimum absolute atomic E-state index is 0.0275. The van der Waals surface area contributed by atoms with Crippen LogP contribution >= 0.6 is 11.6 Å². The van der Waals surface area contributed by atoms with Gasteiger partial charge in [0.2, 0.25) is 0 Å². The van der Waals surface area contributed by atoms with Crippen molar-refractivity contribution in [1.29, 1.82) is 0 Å². The van der Waals surface area contributed by atoms with Gasteiger partial charge in [0.25, 0.3) is 5.56 Å². The van der Waals surface area contributed by atoms with Crippen molar-refractivity contribution in [3.05, 3.63) is 86.8 Å². The summed E-state index contributed by atoms with van der Waals surface area (Å²) in [6.45, 7) is 6.67. The highest BCUT2D eigenvalue weighted by Gasteiger charge is 2.15. The number of aromatic hydroxyl groups is 2. The van der Waals surface area contributed by atoms with Crippen LogP contribution in [0.25, 0.3) is 5.57 Å². The number of H-pyrrole nitrogens is 1. The number of pyridine rings is 1. The third-order valence-electron chi connectivity index (χ3n) is 4.63. The quantitative estimate of drug-likeness (QED) is 0.597. The number of hydrogen-bond donors (Lipinski definition) is 3. The molecule has 0 aliphatic carbocycles. The van der Waals surface area contributed by atoms with Crippen molar-refractivity contribution in [2.24, 2.45) is 0 Å². The van der Waals surface area contributed by atoms with E-state index in [2.05, 4.69) is 37.9 Å². The van der Waals surface area contributed by atoms with Gasteiger partial charge in [0.15, 0.2) is 11.8 Å². The fourth-order valence-electron chi connectivity index (χ4n) is 2.96. The third kappa shape index (κ3) is 4.15. The van der Waals surface area contributed by atoms with Gasteiger partial charge >= 0.3 is 0 Å². The molecule has 1 aromatic carbocycles. The van der Waals surface area contributed by atoms with Crippen LogP contribution in [0.15, 0.2) is 59.4 Å². The van der Waals surface area contributed by atoms with Crippen molar-refractivity contribution in [2.75, 3.05) is 0 Å². The topological polar surface area (TPSA) is 78.2 Å². The molecule has 146 valence electrons. The first-order chi connectivity index (χ1) is 13.2. The summed E-state index contributed by atoms with van der Waals surface area (Å²) in [5, 5.41) is 19.9. The first-order valence-electron chi connectivity index (χ1n) is 8.94. The van der Waals surface area contributed by atoms with Crippen LogP contribution < -0.4 is 5.56 Å². The molecule has 0 atom stereocenters. The molecule has 0 spiro atoms. The molecule has 0 saturated carbocycles. The Morgan fingerprint density at radius 1 is 1.04 bits per heavy atom. The van der Waals surface area contributed by atoms with Crippen LogP contribution in [0.1, 0.15) is 37.6 Å². The molecular weight excluding hydrogens is 376 g/mol. The molecule has 0 saturated heterocycles. The molecule has 0 fully saturated rings. The lowest BCUT2D eigenvalue weighted by Crippen LogP contribution is -2.11. The Labute approximate surface area is 168 Å². The van der Waals surface area contributed by atoms with Gasteiger partial charge in [0.1, 0.15) is 5.02 Å². The molecule has 3 N–H and O–H groups in total. The smallest absolute Gasteiger partial charge is 0.267 e. The lowest BCUT2D eigenvalue weighted by atomic mass is 9.86.